The first-order valence-electron chi connectivity index (χ1n) is 10.8. The fourth-order valence-electron chi connectivity index (χ4n) is 3.83. The topological polar surface area (TPSA) is 126 Å². The molecule has 11 heteroatoms. The molecule has 1 fully saturated rings. The number of nitrogens with one attached hydrogen (secondary N) is 3. The van der Waals surface area contributed by atoms with Crippen molar-refractivity contribution < 1.29 is 14.3 Å². The third-order valence-electron chi connectivity index (χ3n) is 5.85. The van der Waals surface area contributed by atoms with Crippen LogP contribution in [0.15, 0.2) is 59.7 Å². The molecule has 4 aromatic rings. The molecule has 10 nitrogen and oxygen atoms in total. The summed E-state index contributed by atoms with van der Waals surface area (Å²) < 4.78 is 16.9. The smallest absolute Gasteiger partial charge is 0.278 e. The van der Waals surface area contributed by atoms with Crippen LogP contribution in [0, 0.1) is 5.82 Å². The van der Waals surface area contributed by atoms with Gasteiger partial charge in [0.05, 0.1) is 24.0 Å². The van der Waals surface area contributed by atoms with Crippen LogP contribution < -0.4 is 21.5 Å². The number of hydrogen-bond acceptors (Lipinski definition) is 7. The standard InChI is InChI=1S/C23H22FN7O3/c1-25-20-11-19(27-16-6-4-10-30(23(16)34)17-7-3-2-5-14(17)24)29-21-13(12-26-31(20)21)22(33)28-15-8-9-18(15)32/h2-7,10-12,15,18,25,32H,8-9H2,1H3,(H,27,29)(H,28,33)/t15-,18+/m1/s1. The Labute approximate surface area is 193 Å². The highest BCUT2D eigenvalue weighted by Crippen LogP contribution is 2.23. The van der Waals surface area contributed by atoms with E-state index in [1.165, 1.54) is 33.6 Å². The molecule has 3 heterocycles. The molecule has 0 bridgehead atoms. The Kier molecular flexibility index (Phi) is 5.46. The number of amides is 1. The molecule has 0 radical (unpaired) electrons. The minimum absolute atomic E-state index is 0.128. The number of para-hydroxylation sites is 1. The number of carbonyl (C=O) groups excluding carboxylic acids is 1. The van der Waals surface area contributed by atoms with Gasteiger partial charge in [0.15, 0.2) is 5.65 Å². The van der Waals surface area contributed by atoms with Gasteiger partial charge in [-0.25, -0.2) is 9.37 Å². The van der Waals surface area contributed by atoms with Gasteiger partial charge in [0.2, 0.25) is 0 Å². The zero-order valence-corrected chi connectivity index (χ0v) is 18.2. The van der Waals surface area contributed by atoms with Gasteiger partial charge >= 0.3 is 0 Å². The minimum Gasteiger partial charge on any atom is -0.391 e. The number of fused-ring (bicyclic) bond motifs is 1. The van der Waals surface area contributed by atoms with Gasteiger partial charge in [-0.1, -0.05) is 12.1 Å². The first-order chi connectivity index (χ1) is 16.5. The molecule has 0 unspecified atom stereocenters. The van der Waals surface area contributed by atoms with E-state index < -0.39 is 23.4 Å². The number of aliphatic hydroxyl groups is 1. The molecule has 0 spiro atoms. The van der Waals surface area contributed by atoms with Crippen molar-refractivity contribution in [2.24, 2.45) is 0 Å². The third kappa shape index (κ3) is 3.75. The Morgan fingerprint density at radius 1 is 1.21 bits per heavy atom. The predicted molar refractivity (Wildman–Crippen MR) is 124 cm³/mol. The summed E-state index contributed by atoms with van der Waals surface area (Å²) in [6, 6.07) is 10.5. The summed E-state index contributed by atoms with van der Waals surface area (Å²) in [4.78, 5) is 30.3. The van der Waals surface area contributed by atoms with Crippen LogP contribution in [0.25, 0.3) is 11.3 Å². The lowest BCUT2D eigenvalue weighted by Crippen LogP contribution is -2.50. The molecule has 1 amide bonds. The average Bonchev–Trinajstić information content (AvgIpc) is 3.27. The second-order valence-electron chi connectivity index (χ2n) is 7.97. The first kappa shape index (κ1) is 21.6. The zero-order valence-electron chi connectivity index (χ0n) is 18.2. The van der Waals surface area contributed by atoms with Crippen LogP contribution in [-0.2, 0) is 0 Å². The van der Waals surface area contributed by atoms with Crippen LogP contribution in [0.4, 0.5) is 21.7 Å². The second-order valence-corrected chi connectivity index (χ2v) is 7.97. The molecule has 174 valence electrons. The van der Waals surface area contributed by atoms with Crippen LogP contribution in [0.3, 0.4) is 0 Å². The van der Waals surface area contributed by atoms with E-state index in [0.29, 0.717) is 24.5 Å². The van der Waals surface area contributed by atoms with Crippen molar-refractivity contribution in [2.75, 3.05) is 17.7 Å². The van der Waals surface area contributed by atoms with Crippen molar-refractivity contribution in [1.82, 2.24) is 24.5 Å². The highest BCUT2D eigenvalue weighted by atomic mass is 19.1. The fraction of sp³-hybridized carbons (Fsp3) is 0.217. The molecular formula is C23H22FN7O3. The van der Waals surface area contributed by atoms with Crippen LogP contribution in [-0.4, -0.2) is 49.4 Å². The van der Waals surface area contributed by atoms with Gasteiger partial charge in [-0.2, -0.15) is 9.61 Å². The third-order valence-corrected chi connectivity index (χ3v) is 5.85. The van der Waals surface area contributed by atoms with Gasteiger partial charge in [0.1, 0.15) is 28.7 Å². The van der Waals surface area contributed by atoms with Crippen LogP contribution >= 0.6 is 0 Å². The van der Waals surface area contributed by atoms with Crippen molar-refractivity contribution in [3.8, 4) is 5.69 Å². The Morgan fingerprint density at radius 2 is 2.03 bits per heavy atom. The van der Waals surface area contributed by atoms with E-state index in [1.807, 2.05) is 0 Å². The van der Waals surface area contributed by atoms with E-state index in [1.54, 1.807) is 37.4 Å². The van der Waals surface area contributed by atoms with Crippen molar-refractivity contribution in [1.29, 1.82) is 0 Å². The van der Waals surface area contributed by atoms with E-state index >= 15 is 0 Å². The van der Waals surface area contributed by atoms with Crippen LogP contribution in [0.1, 0.15) is 23.2 Å². The first-order valence-corrected chi connectivity index (χ1v) is 10.8. The number of halogens is 1. The molecule has 1 aromatic carbocycles. The van der Waals surface area contributed by atoms with Gasteiger partial charge in [-0.15, -0.1) is 0 Å². The molecule has 0 aliphatic heterocycles. The lowest BCUT2D eigenvalue weighted by Gasteiger charge is -2.32. The number of aromatic nitrogens is 4. The number of pyridine rings is 1. The second kappa shape index (κ2) is 8.60. The summed E-state index contributed by atoms with van der Waals surface area (Å²) in [5, 5.41) is 22.8. The van der Waals surface area contributed by atoms with Gasteiger partial charge in [-0.3, -0.25) is 14.2 Å². The quantitative estimate of drug-likeness (QED) is 0.345. The minimum atomic E-state index is -0.557. The maximum Gasteiger partial charge on any atom is 0.278 e. The Hall–Kier alpha value is -4.25. The molecule has 3 aromatic heterocycles. The molecule has 34 heavy (non-hydrogen) atoms. The zero-order chi connectivity index (χ0) is 23.8. The molecule has 1 saturated carbocycles. The Bertz CT molecular complexity index is 1450. The molecule has 0 saturated heterocycles. The van der Waals surface area contributed by atoms with Crippen molar-refractivity contribution >= 4 is 28.9 Å². The lowest BCUT2D eigenvalue weighted by atomic mass is 9.89. The molecule has 1 aliphatic carbocycles. The molecule has 5 rings (SSSR count). The van der Waals surface area contributed by atoms with E-state index in [9.17, 15) is 19.1 Å². The normalized spacial score (nSPS) is 17.3. The monoisotopic (exact) mass is 463 g/mol. The maximum atomic E-state index is 14.3. The van der Waals surface area contributed by atoms with E-state index in [0.717, 1.165) is 0 Å². The van der Waals surface area contributed by atoms with Gasteiger partial charge in [0.25, 0.3) is 11.5 Å². The number of benzene rings is 1. The summed E-state index contributed by atoms with van der Waals surface area (Å²) in [5.41, 5.74) is 0.337. The molecule has 1 aliphatic rings. The number of nitrogens with zero attached hydrogens (tertiary/aromatic N) is 4. The van der Waals surface area contributed by atoms with Crippen LogP contribution in [0.5, 0.6) is 0 Å². The summed E-state index contributed by atoms with van der Waals surface area (Å²) in [6.45, 7) is 0. The van der Waals surface area contributed by atoms with Gasteiger partial charge in [0, 0.05) is 19.3 Å². The molecular weight excluding hydrogens is 441 g/mol. The average molecular weight is 463 g/mol. The maximum absolute atomic E-state index is 14.3. The number of anilines is 3. The summed E-state index contributed by atoms with van der Waals surface area (Å²) in [7, 11) is 1.69. The van der Waals surface area contributed by atoms with Crippen molar-refractivity contribution in [3.05, 3.63) is 76.6 Å². The Balaban J connectivity index is 1.51. The van der Waals surface area contributed by atoms with E-state index in [2.05, 4.69) is 26.0 Å². The SMILES string of the molecule is CNc1cc(Nc2cccn(-c3ccccc3F)c2=O)nc2c(C(=O)N[C@@H]3CC[C@@H]3O)cnn12. The number of carbonyl (C=O) groups is 1. The van der Waals surface area contributed by atoms with Gasteiger partial charge in [-0.05, 0) is 37.1 Å². The largest absolute Gasteiger partial charge is 0.391 e. The highest BCUT2D eigenvalue weighted by Gasteiger charge is 2.31. The van der Waals surface area contributed by atoms with Crippen LogP contribution in [0.2, 0.25) is 0 Å². The summed E-state index contributed by atoms with van der Waals surface area (Å²) in [6.07, 6.45) is 3.68. The van der Waals surface area contributed by atoms with E-state index in [-0.39, 0.29) is 28.6 Å². The fourth-order valence-corrected chi connectivity index (χ4v) is 3.83. The predicted octanol–water partition coefficient (Wildman–Crippen LogP) is 2.06. The molecule has 4 N–H and O–H groups in total. The van der Waals surface area contributed by atoms with Crippen molar-refractivity contribution in [3.63, 3.8) is 0 Å². The Morgan fingerprint density at radius 3 is 2.74 bits per heavy atom. The summed E-state index contributed by atoms with van der Waals surface area (Å²) in [5.74, 6) is -0.101. The lowest BCUT2D eigenvalue weighted by molar-refractivity contribution is 0.0448. The number of rotatable bonds is 6. The number of hydrogen-bond donors (Lipinski definition) is 4. The number of aliphatic hydroxyl groups excluding tert-OH is 1. The summed E-state index contributed by atoms with van der Waals surface area (Å²) >= 11 is 0. The van der Waals surface area contributed by atoms with E-state index in [4.69, 9.17) is 0 Å². The molecule has 2 atom stereocenters. The highest BCUT2D eigenvalue weighted by molar-refractivity contribution is 6.00. The van der Waals surface area contributed by atoms with Crippen molar-refractivity contribution in [2.45, 2.75) is 25.0 Å². The van der Waals surface area contributed by atoms with Gasteiger partial charge < -0.3 is 21.1 Å².